The number of nitrogens with one attached hydrogen (secondary N) is 1. The second kappa shape index (κ2) is 6.16. The van der Waals surface area contributed by atoms with E-state index in [1.807, 2.05) is 37.4 Å². The molecule has 3 aliphatic rings. The molecule has 24 heavy (non-hydrogen) atoms. The quantitative estimate of drug-likeness (QED) is 0.903. The van der Waals surface area contributed by atoms with E-state index in [-0.39, 0.29) is 11.9 Å². The molecule has 1 heterocycles. The Hall–Kier alpha value is -1.39. The Morgan fingerprint density at radius 1 is 1.38 bits per heavy atom. The lowest BCUT2D eigenvalue weighted by Crippen LogP contribution is -2.72. The third kappa shape index (κ3) is 2.47. The van der Waals surface area contributed by atoms with Crippen molar-refractivity contribution in [3.8, 4) is 0 Å². The highest BCUT2D eigenvalue weighted by Crippen LogP contribution is 2.62. The Morgan fingerprint density at radius 2 is 2.12 bits per heavy atom. The fourth-order valence-corrected chi connectivity index (χ4v) is 5.05. The SMILES string of the molecule is C[C@H](CC(=O)N(C)c1ccccc1)N[C@@H]1[C@H]2CCO[C@@H]2C12CCC2. The summed E-state index contributed by atoms with van der Waals surface area (Å²) in [7, 11) is 1.86. The van der Waals surface area contributed by atoms with Gasteiger partial charge in [0.25, 0.3) is 0 Å². The summed E-state index contributed by atoms with van der Waals surface area (Å²) < 4.78 is 5.98. The smallest absolute Gasteiger partial charge is 0.228 e. The first-order valence-electron chi connectivity index (χ1n) is 9.31. The maximum absolute atomic E-state index is 12.6. The maximum atomic E-state index is 12.6. The van der Waals surface area contributed by atoms with Gasteiger partial charge in [0.05, 0.1) is 6.10 Å². The molecule has 130 valence electrons. The normalized spacial score (nSPS) is 31.0. The molecule has 1 amide bonds. The van der Waals surface area contributed by atoms with Gasteiger partial charge in [-0.25, -0.2) is 0 Å². The highest BCUT2D eigenvalue weighted by molar-refractivity contribution is 5.93. The van der Waals surface area contributed by atoms with Gasteiger partial charge in [0, 0.05) is 49.2 Å². The summed E-state index contributed by atoms with van der Waals surface area (Å²) in [4.78, 5) is 14.3. The monoisotopic (exact) mass is 328 g/mol. The van der Waals surface area contributed by atoms with Crippen molar-refractivity contribution < 1.29 is 9.53 Å². The van der Waals surface area contributed by atoms with Crippen LogP contribution < -0.4 is 10.2 Å². The average molecular weight is 328 g/mol. The number of nitrogens with zero attached hydrogens (tertiary/aromatic N) is 1. The van der Waals surface area contributed by atoms with E-state index in [0.717, 1.165) is 12.3 Å². The van der Waals surface area contributed by atoms with E-state index >= 15 is 0 Å². The number of amides is 1. The van der Waals surface area contributed by atoms with Gasteiger partial charge in [0.1, 0.15) is 0 Å². The van der Waals surface area contributed by atoms with Gasteiger partial charge >= 0.3 is 0 Å². The molecule has 1 spiro atoms. The lowest BCUT2D eigenvalue weighted by Gasteiger charge is -2.64. The second-order valence-corrected chi connectivity index (χ2v) is 7.87. The zero-order valence-corrected chi connectivity index (χ0v) is 14.7. The van der Waals surface area contributed by atoms with Gasteiger partial charge in [-0.1, -0.05) is 24.6 Å². The topological polar surface area (TPSA) is 41.6 Å². The zero-order valence-electron chi connectivity index (χ0n) is 14.7. The van der Waals surface area contributed by atoms with Gasteiger partial charge < -0.3 is 15.0 Å². The average Bonchev–Trinajstić information content (AvgIpc) is 2.96. The van der Waals surface area contributed by atoms with E-state index in [1.165, 1.54) is 25.7 Å². The van der Waals surface area contributed by atoms with Crippen LogP contribution in [0.25, 0.3) is 0 Å². The summed E-state index contributed by atoms with van der Waals surface area (Å²) in [5, 5.41) is 3.79. The molecule has 4 nitrogen and oxygen atoms in total. The third-order valence-electron chi connectivity index (χ3n) is 6.50. The van der Waals surface area contributed by atoms with Gasteiger partial charge in [-0.3, -0.25) is 4.79 Å². The van der Waals surface area contributed by atoms with Crippen LogP contribution in [0.5, 0.6) is 0 Å². The van der Waals surface area contributed by atoms with Crippen molar-refractivity contribution in [3.63, 3.8) is 0 Å². The standard InChI is InChI=1S/C20H28N2O2/c1-14(13-17(23)22(2)15-7-4-3-5-8-15)21-18-16-9-12-24-19(16)20(18)10-6-11-20/h3-5,7-8,14,16,18-19,21H,6,9-13H2,1-2H3/t14-,16-,18-,19+/m1/s1. The lowest BCUT2D eigenvalue weighted by molar-refractivity contribution is -0.178. The first-order valence-corrected chi connectivity index (χ1v) is 9.31. The van der Waals surface area contributed by atoms with Crippen molar-refractivity contribution in [2.24, 2.45) is 11.3 Å². The summed E-state index contributed by atoms with van der Waals surface area (Å²) in [5.41, 5.74) is 1.34. The second-order valence-electron chi connectivity index (χ2n) is 7.87. The molecule has 3 fully saturated rings. The summed E-state index contributed by atoms with van der Waals surface area (Å²) >= 11 is 0. The predicted octanol–water partition coefficient (Wildman–Crippen LogP) is 2.98. The van der Waals surface area contributed by atoms with E-state index < -0.39 is 0 Å². The van der Waals surface area contributed by atoms with E-state index in [9.17, 15) is 4.79 Å². The number of rotatable bonds is 5. The molecule has 1 N–H and O–H groups in total. The number of hydrogen-bond donors (Lipinski definition) is 1. The Morgan fingerprint density at radius 3 is 2.79 bits per heavy atom. The van der Waals surface area contributed by atoms with Crippen LogP contribution in [-0.2, 0) is 9.53 Å². The molecule has 4 heteroatoms. The molecule has 2 aliphatic carbocycles. The Balaban J connectivity index is 1.35. The maximum Gasteiger partial charge on any atom is 0.228 e. The number of para-hydroxylation sites is 1. The number of hydrogen-bond acceptors (Lipinski definition) is 3. The molecule has 1 saturated heterocycles. The van der Waals surface area contributed by atoms with Crippen molar-refractivity contribution in [1.82, 2.24) is 5.32 Å². The van der Waals surface area contributed by atoms with Crippen molar-refractivity contribution in [3.05, 3.63) is 30.3 Å². The Labute approximate surface area is 144 Å². The summed E-state index contributed by atoms with van der Waals surface area (Å²) in [6, 6.07) is 10.6. The van der Waals surface area contributed by atoms with Gasteiger partial charge in [-0.15, -0.1) is 0 Å². The van der Waals surface area contributed by atoms with Crippen LogP contribution in [0.4, 0.5) is 5.69 Å². The minimum Gasteiger partial charge on any atom is -0.377 e. The van der Waals surface area contributed by atoms with Gasteiger partial charge in [0.15, 0.2) is 0 Å². The highest BCUT2D eigenvalue weighted by Gasteiger charge is 2.66. The van der Waals surface area contributed by atoms with Gasteiger partial charge in [-0.2, -0.15) is 0 Å². The van der Waals surface area contributed by atoms with Crippen LogP contribution in [-0.4, -0.2) is 37.7 Å². The summed E-state index contributed by atoms with van der Waals surface area (Å²) in [6.45, 7) is 3.06. The van der Waals surface area contributed by atoms with E-state index in [0.29, 0.717) is 29.9 Å². The fourth-order valence-electron chi connectivity index (χ4n) is 5.05. The number of anilines is 1. The highest BCUT2D eigenvalue weighted by atomic mass is 16.5. The van der Waals surface area contributed by atoms with Crippen molar-refractivity contribution in [1.29, 1.82) is 0 Å². The number of carbonyl (C=O) groups is 1. The molecule has 4 atom stereocenters. The molecular formula is C20H28N2O2. The largest absolute Gasteiger partial charge is 0.377 e. The van der Waals surface area contributed by atoms with Crippen LogP contribution in [0.1, 0.15) is 39.0 Å². The van der Waals surface area contributed by atoms with E-state index in [4.69, 9.17) is 4.74 Å². The van der Waals surface area contributed by atoms with Crippen LogP contribution in [0.3, 0.4) is 0 Å². The molecule has 0 aromatic heterocycles. The zero-order chi connectivity index (χ0) is 16.7. The fraction of sp³-hybridized carbons (Fsp3) is 0.650. The van der Waals surface area contributed by atoms with Crippen molar-refractivity contribution in [2.75, 3.05) is 18.6 Å². The molecular weight excluding hydrogens is 300 g/mol. The predicted molar refractivity (Wildman–Crippen MR) is 95.0 cm³/mol. The lowest BCUT2D eigenvalue weighted by atomic mass is 9.46. The van der Waals surface area contributed by atoms with Crippen molar-refractivity contribution in [2.45, 2.75) is 57.2 Å². The summed E-state index contributed by atoms with van der Waals surface area (Å²) in [5.74, 6) is 0.831. The molecule has 0 radical (unpaired) electrons. The Kier molecular flexibility index (Phi) is 4.13. The molecule has 1 aromatic carbocycles. The molecule has 4 rings (SSSR count). The molecule has 1 aliphatic heterocycles. The Bertz CT molecular complexity index is 599. The number of carbonyl (C=O) groups excluding carboxylic acids is 1. The molecule has 0 unspecified atom stereocenters. The summed E-state index contributed by atoms with van der Waals surface area (Å²) in [6.07, 6.45) is 6.10. The molecule has 1 aromatic rings. The molecule has 0 bridgehead atoms. The number of benzene rings is 1. The number of fused-ring (bicyclic) bond motifs is 2. The third-order valence-corrected chi connectivity index (χ3v) is 6.50. The van der Waals surface area contributed by atoms with Gasteiger partial charge in [-0.05, 0) is 38.3 Å². The van der Waals surface area contributed by atoms with Crippen LogP contribution in [0.15, 0.2) is 30.3 Å². The number of ether oxygens (including phenoxy) is 1. The van der Waals surface area contributed by atoms with Crippen LogP contribution in [0, 0.1) is 11.3 Å². The van der Waals surface area contributed by atoms with Crippen molar-refractivity contribution >= 4 is 11.6 Å². The van der Waals surface area contributed by atoms with E-state index in [1.54, 1.807) is 4.90 Å². The van der Waals surface area contributed by atoms with Crippen LogP contribution >= 0.6 is 0 Å². The van der Waals surface area contributed by atoms with E-state index in [2.05, 4.69) is 12.2 Å². The molecule has 2 saturated carbocycles. The minimum atomic E-state index is 0.169. The van der Waals surface area contributed by atoms with Gasteiger partial charge in [0.2, 0.25) is 5.91 Å². The first-order chi connectivity index (χ1) is 11.6. The van der Waals surface area contributed by atoms with Crippen LogP contribution in [0.2, 0.25) is 0 Å². The first kappa shape index (κ1) is 16.1. The minimum absolute atomic E-state index is 0.169.